The molecular formula is C18H25NO5. The van der Waals surface area contributed by atoms with E-state index in [0.29, 0.717) is 51.3 Å². The summed E-state index contributed by atoms with van der Waals surface area (Å²) in [5.41, 5.74) is -1.56. The molecule has 0 spiro atoms. The van der Waals surface area contributed by atoms with Crippen LogP contribution >= 0.6 is 0 Å². The van der Waals surface area contributed by atoms with Crippen LogP contribution in [0.2, 0.25) is 0 Å². The van der Waals surface area contributed by atoms with Crippen LogP contribution in [0.1, 0.15) is 19.3 Å². The van der Waals surface area contributed by atoms with Gasteiger partial charge in [0.25, 0.3) is 5.91 Å². The molecule has 0 aliphatic carbocycles. The number of nitrogens with zero attached hydrogens (tertiary/aromatic N) is 1. The van der Waals surface area contributed by atoms with E-state index in [1.807, 2.05) is 30.3 Å². The zero-order valence-corrected chi connectivity index (χ0v) is 14.1. The molecule has 0 aromatic heterocycles. The molecule has 2 saturated heterocycles. The summed E-state index contributed by atoms with van der Waals surface area (Å²) in [6.45, 7) is 1.86. The van der Waals surface area contributed by atoms with Gasteiger partial charge < -0.3 is 24.2 Å². The van der Waals surface area contributed by atoms with Crippen molar-refractivity contribution >= 4 is 5.91 Å². The second kappa shape index (κ2) is 7.09. The molecule has 0 saturated carbocycles. The van der Waals surface area contributed by atoms with Crippen LogP contribution in [-0.2, 0) is 14.3 Å². The lowest BCUT2D eigenvalue weighted by molar-refractivity contribution is -0.157. The molecule has 6 heteroatoms. The molecule has 1 atom stereocenters. The number of ether oxygens (including phenoxy) is 3. The second-order valence-electron chi connectivity index (χ2n) is 6.54. The zero-order valence-electron chi connectivity index (χ0n) is 14.1. The van der Waals surface area contributed by atoms with Crippen molar-refractivity contribution in [3.8, 4) is 5.75 Å². The van der Waals surface area contributed by atoms with Gasteiger partial charge >= 0.3 is 0 Å². The van der Waals surface area contributed by atoms with Gasteiger partial charge in [-0.25, -0.2) is 0 Å². The normalized spacial score (nSPS) is 26.3. The monoisotopic (exact) mass is 335 g/mol. The fraction of sp³-hybridized carbons (Fsp3) is 0.611. The van der Waals surface area contributed by atoms with E-state index < -0.39 is 11.2 Å². The van der Waals surface area contributed by atoms with E-state index in [4.69, 9.17) is 14.2 Å². The van der Waals surface area contributed by atoms with Crippen molar-refractivity contribution in [2.45, 2.75) is 30.5 Å². The van der Waals surface area contributed by atoms with E-state index in [0.717, 1.165) is 0 Å². The summed E-state index contributed by atoms with van der Waals surface area (Å²) in [5.74, 6) is 0.647. The Labute approximate surface area is 142 Å². The van der Waals surface area contributed by atoms with Crippen molar-refractivity contribution in [2.75, 3.05) is 40.0 Å². The fourth-order valence-electron chi connectivity index (χ4n) is 3.44. The maximum absolute atomic E-state index is 13.3. The van der Waals surface area contributed by atoms with Crippen molar-refractivity contribution in [1.29, 1.82) is 0 Å². The Morgan fingerprint density at radius 2 is 1.96 bits per heavy atom. The molecule has 1 aromatic rings. The lowest BCUT2D eigenvalue weighted by atomic mass is 9.92. The number of benzene rings is 1. The van der Waals surface area contributed by atoms with Crippen LogP contribution < -0.4 is 4.74 Å². The van der Waals surface area contributed by atoms with E-state index in [2.05, 4.69) is 0 Å². The first-order valence-corrected chi connectivity index (χ1v) is 8.40. The van der Waals surface area contributed by atoms with Gasteiger partial charge in [-0.2, -0.15) is 0 Å². The van der Waals surface area contributed by atoms with Gasteiger partial charge in [-0.05, 0) is 18.6 Å². The summed E-state index contributed by atoms with van der Waals surface area (Å²) < 4.78 is 17.1. The highest BCUT2D eigenvalue weighted by atomic mass is 16.5. The van der Waals surface area contributed by atoms with E-state index in [-0.39, 0.29) is 12.5 Å². The van der Waals surface area contributed by atoms with Crippen LogP contribution in [0.25, 0.3) is 0 Å². The predicted octanol–water partition coefficient (Wildman–Crippen LogP) is 1.22. The number of carbonyl (C=O) groups excluding carboxylic acids is 1. The van der Waals surface area contributed by atoms with Gasteiger partial charge in [0.2, 0.25) is 0 Å². The van der Waals surface area contributed by atoms with Crippen molar-refractivity contribution in [1.82, 2.24) is 4.90 Å². The number of aliphatic hydroxyl groups excluding tert-OH is 1. The van der Waals surface area contributed by atoms with Gasteiger partial charge in [-0.15, -0.1) is 0 Å². The molecule has 0 bridgehead atoms. The van der Waals surface area contributed by atoms with Crippen molar-refractivity contribution in [3.05, 3.63) is 30.3 Å². The highest BCUT2D eigenvalue weighted by Gasteiger charge is 2.49. The number of rotatable bonds is 5. The minimum absolute atomic E-state index is 0.0398. The molecule has 0 radical (unpaired) electrons. The molecule has 2 aliphatic rings. The Morgan fingerprint density at radius 1 is 1.25 bits per heavy atom. The van der Waals surface area contributed by atoms with Crippen molar-refractivity contribution < 1.29 is 24.1 Å². The number of amides is 1. The topological polar surface area (TPSA) is 68.2 Å². The average Bonchev–Trinajstić information content (AvgIpc) is 3.08. The predicted molar refractivity (Wildman–Crippen MR) is 87.9 cm³/mol. The van der Waals surface area contributed by atoms with E-state index in [1.54, 1.807) is 12.0 Å². The Balaban J connectivity index is 1.80. The summed E-state index contributed by atoms with van der Waals surface area (Å²) in [6, 6.07) is 9.43. The summed E-state index contributed by atoms with van der Waals surface area (Å²) >= 11 is 0. The Hall–Kier alpha value is -1.63. The van der Waals surface area contributed by atoms with Gasteiger partial charge in [0.05, 0.1) is 26.4 Å². The molecule has 6 nitrogen and oxygen atoms in total. The molecule has 24 heavy (non-hydrogen) atoms. The summed E-state index contributed by atoms with van der Waals surface area (Å²) in [7, 11) is 1.58. The van der Waals surface area contributed by atoms with E-state index in [1.165, 1.54) is 0 Å². The molecule has 3 rings (SSSR count). The number of methoxy groups -OCH3 is 1. The lowest BCUT2D eigenvalue weighted by Gasteiger charge is -2.39. The fourth-order valence-corrected chi connectivity index (χ4v) is 3.44. The Bertz CT molecular complexity index is 552. The molecule has 2 heterocycles. The highest BCUT2D eigenvalue weighted by molar-refractivity contribution is 5.86. The molecule has 1 N–H and O–H groups in total. The molecular weight excluding hydrogens is 310 g/mol. The molecule has 2 fully saturated rings. The largest absolute Gasteiger partial charge is 0.477 e. The van der Waals surface area contributed by atoms with Gasteiger partial charge in [0, 0.05) is 26.5 Å². The Kier molecular flexibility index (Phi) is 5.08. The first-order valence-electron chi connectivity index (χ1n) is 8.40. The van der Waals surface area contributed by atoms with E-state index in [9.17, 15) is 9.90 Å². The molecule has 132 valence electrons. The van der Waals surface area contributed by atoms with E-state index >= 15 is 0 Å². The quantitative estimate of drug-likeness (QED) is 0.876. The second-order valence-corrected chi connectivity index (χ2v) is 6.54. The van der Waals surface area contributed by atoms with Gasteiger partial charge in [0.15, 0.2) is 5.60 Å². The van der Waals surface area contributed by atoms with Crippen molar-refractivity contribution in [2.24, 2.45) is 0 Å². The summed E-state index contributed by atoms with van der Waals surface area (Å²) in [4.78, 5) is 15.0. The number of carbonyl (C=O) groups is 1. The minimum Gasteiger partial charge on any atom is -0.477 e. The minimum atomic E-state index is -0.904. The summed E-state index contributed by atoms with van der Waals surface area (Å²) in [6.07, 6.45) is 1.68. The third kappa shape index (κ3) is 3.27. The maximum atomic E-state index is 13.3. The van der Waals surface area contributed by atoms with Gasteiger partial charge in [-0.1, -0.05) is 18.2 Å². The molecule has 2 aliphatic heterocycles. The number of likely N-dealkylation sites (tertiary alicyclic amines) is 1. The van der Waals surface area contributed by atoms with Crippen LogP contribution in [0.4, 0.5) is 0 Å². The third-order valence-electron chi connectivity index (χ3n) is 5.07. The number of aliphatic hydroxyl groups is 1. The highest BCUT2D eigenvalue weighted by Crippen LogP contribution is 2.33. The zero-order chi connectivity index (χ0) is 17.0. The average molecular weight is 335 g/mol. The summed E-state index contributed by atoms with van der Waals surface area (Å²) in [5, 5.41) is 9.61. The molecule has 1 unspecified atom stereocenters. The Morgan fingerprint density at radius 3 is 2.54 bits per heavy atom. The van der Waals surface area contributed by atoms with Crippen LogP contribution in [0.3, 0.4) is 0 Å². The first-order chi connectivity index (χ1) is 11.6. The number of hydrogen-bond acceptors (Lipinski definition) is 5. The van der Waals surface area contributed by atoms with Crippen molar-refractivity contribution in [3.63, 3.8) is 0 Å². The smallest absolute Gasteiger partial charge is 0.267 e. The van der Waals surface area contributed by atoms with Crippen LogP contribution in [-0.4, -0.2) is 67.1 Å². The van der Waals surface area contributed by atoms with Crippen LogP contribution in [0.5, 0.6) is 5.75 Å². The van der Waals surface area contributed by atoms with Crippen LogP contribution in [0.15, 0.2) is 30.3 Å². The third-order valence-corrected chi connectivity index (χ3v) is 5.07. The molecule has 1 amide bonds. The maximum Gasteiger partial charge on any atom is 0.267 e. The lowest BCUT2D eigenvalue weighted by Crippen LogP contribution is -2.56. The first kappa shape index (κ1) is 17.2. The standard InChI is InChI=1S/C18H25NO5/c1-22-17(14-20)7-10-19(13-17)16(21)18(8-11-23-12-9-18)24-15-5-3-2-4-6-15/h2-6,20H,7-14H2,1H3. The van der Waals surface area contributed by atoms with Gasteiger partial charge in [0.1, 0.15) is 11.4 Å². The van der Waals surface area contributed by atoms with Gasteiger partial charge in [-0.3, -0.25) is 4.79 Å². The number of hydrogen-bond donors (Lipinski definition) is 1. The van der Waals surface area contributed by atoms with Crippen LogP contribution in [0, 0.1) is 0 Å². The SMILES string of the molecule is COC1(CO)CCN(C(=O)C2(Oc3ccccc3)CCOCC2)C1. The number of para-hydroxylation sites is 1. The molecule has 1 aromatic carbocycles.